The number of nitrogens with zero attached hydrogens (tertiary/aromatic N) is 2. The van der Waals surface area contributed by atoms with Crippen LogP contribution in [0.15, 0.2) is 18.2 Å². The molecule has 0 bridgehead atoms. The summed E-state index contributed by atoms with van der Waals surface area (Å²) >= 11 is 0. The van der Waals surface area contributed by atoms with Crippen LogP contribution in [0.25, 0.3) is 0 Å². The highest BCUT2D eigenvalue weighted by Gasteiger charge is 2.67. The van der Waals surface area contributed by atoms with Crippen LogP contribution in [0.3, 0.4) is 0 Å². The lowest BCUT2D eigenvalue weighted by molar-refractivity contribution is -0.0341. The summed E-state index contributed by atoms with van der Waals surface area (Å²) in [5.74, 6) is 1.08. The van der Waals surface area contributed by atoms with Crippen LogP contribution in [0.1, 0.15) is 57.9 Å². The van der Waals surface area contributed by atoms with Gasteiger partial charge in [0, 0.05) is 24.0 Å². The summed E-state index contributed by atoms with van der Waals surface area (Å²) in [7, 11) is 1.83. The van der Waals surface area contributed by atoms with E-state index in [1.54, 1.807) is 5.56 Å². The second-order valence-corrected chi connectivity index (χ2v) is 8.75. The molecule has 25 heavy (non-hydrogen) atoms. The Bertz CT molecular complexity index is 689. The molecular formula is C22H32N2O. The predicted molar refractivity (Wildman–Crippen MR) is 103 cm³/mol. The molecule has 4 aliphatic rings. The van der Waals surface area contributed by atoms with Crippen molar-refractivity contribution in [3.8, 4) is 5.75 Å². The smallest absolute Gasteiger partial charge is 0.142 e. The number of para-hydroxylation sites is 1. The third-order valence-electron chi connectivity index (χ3n) is 8.30. The van der Waals surface area contributed by atoms with Crippen molar-refractivity contribution in [2.24, 2.45) is 5.41 Å². The molecule has 5 rings (SSSR count). The SMILES string of the molecule is CCN1c2c(OC)cccc2[C@]23CCN4CCC[C@](CC)(CC[C@@H]12)[C@@H]43. The maximum absolute atomic E-state index is 5.83. The Morgan fingerprint density at radius 1 is 1.16 bits per heavy atom. The van der Waals surface area contributed by atoms with Crippen LogP contribution in [0, 0.1) is 5.41 Å². The molecule has 0 amide bonds. The van der Waals surface area contributed by atoms with E-state index in [0.29, 0.717) is 16.9 Å². The van der Waals surface area contributed by atoms with E-state index in [0.717, 1.165) is 18.3 Å². The Morgan fingerprint density at radius 2 is 2.04 bits per heavy atom. The van der Waals surface area contributed by atoms with Gasteiger partial charge in [0.1, 0.15) is 5.75 Å². The molecule has 0 aromatic heterocycles. The van der Waals surface area contributed by atoms with Gasteiger partial charge in [-0.1, -0.05) is 19.1 Å². The molecule has 0 unspecified atom stereocenters. The molecule has 3 fully saturated rings. The van der Waals surface area contributed by atoms with Crippen molar-refractivity contribution in [2.45, 2.75) is 69.9 Å². The van der Waals surface area contributed by atoms with Gasteiger partial charge in [0.2, 0.25) is 0 Å². The lowest BCUT2D eigenvalue weighted by Gasteiger charge is -2.58. The summed E-state index contributed by atoms with van der Waals surface area (Å²) in [6.07, 6.45) is 8.26. The molecule has 1 aliphatic carbocycles. The molecule has 3 heteroatoms. The predicted octanol–water partition coefficient (Wildman–Crippen LogP) is 4.20. The van der Waals surface area contributed by atoms with Crippen LogP contribution < -0.4 is 9.64 Å². The van der Waals surface area contributed by atoms with Crippen molar-refractivity contribution in [2.75, 3.05) is 31.6 Å². The van der Waals surface area contributed by atoms with Gasteiger partial charge >= 0.3 is 0 Å². The fraction of sp³-hybridized carbons (Fsp3) is 0.727. The molecule has 3 aliphatic heterocycles. The van der Waals surface area contributed by atoms with E-state index in [1.807, 2.05) is 7.11 Å². The summed E-state index contributed by atoms with van der Waals surface area (Å²) in [5.41, 5.74) is 3.88. The number of benzene rings is 1. The van der Waals surface area contributed by atoms with Gasteiger partial charge in [-0.15, -0.1) is 0 Å². The molecule has 1 aromatic carbocycles. The number of hydrogen-bond donors (Lipinski definition) is 0. The normalized spacial score (nSPS) is 39.1. The first-order valence-electron chi connectivity index (χ1n) is 10.4. The molecule has 136 valence electrons. The van der Waals surface area contributed by atoms with Gasteiger partial charge in [-0.05, 0) is 75.6 Å². The fourth-order valence-corrected chi connectivity index (χ4v) is 7.49. The van der Waals surface area contributed by atoms with Crippen LogP contribution in [-0.2, 0) is 5.41 Å². The Morgan fingerprint density at radius 3 is 2.80 bits per heavy atom. The van der Waals surface area contributed by atoms with Crippen LogP contribution in [0.4, 0.5) is 5.69 Å². The van der Waals surface area contributed by atoms with Gasteiger partial charge in [-0.25, -0.2) is 0 Å². The first-order valence-corrected chi connectivity index (χ1v) is 10.4. The average molecular weight is 341 g/mol. The molecule has 1 saturated carbocycles. The van der Waals surface area contributed by atoms with Crippen LogP contribution >= 0.6 is 0 Å². The first kappa shape index (κ1) is 16.0. The van der Waals surface area contributed by atoms with Crippen molar-refractivity contribution in [3.63, 3.8) is 0 Å². The van der Waals surface area contributed by atoms with Gasteiger partial charge in [0.25, 0.3) is 0 Å². The topological polar surface area (TPSA) is 15.7 Å². The van der Waals surface area contributed by atoms with E-state index in [-0.39, 0.29) is 0 Å². The van der Waals surface area contributed by atoms with Gasteiger partial charge < -0.3 is 9.64 Å². The van der Waals surface area contributed by atoms with E-state index in [4.69, 9.17) is 4.74 Å². The summed E-state index contributed by atoms with van der Waals surface area (Å²) in [6, 6.07) is 8.23. The Kier molecular flexibility index (Phi) is 3.45. The maximum atomic E-state index is 5.83. The number of hydrogen-bond acceptors (Lipinski definition) is 3. The fourth-order valence-electron chi connectivity index (χ4n) is 7.49. The van der Waals surface area contributed by atoms with Crippen molar-refractivity contribution < 1.29 is 4.74 Å². The van der Waals surface area contributed by atoms with Gasteiger partial charge in [0.15, 0.2) is 0 Å². The Hall–Kier alpha value is -1.22. The lowest BCUT2D eigenvalue weighted by Crippen LogP contribution is -2.64. The first-order chi connectivity index (χ1) is 12.2. The molecule has 0 N–H and O–H groups in total. The number of fused-ring (bicyclic) bond motifs is 1. The number of ether oxygens (including phenoxy) is 1. The Balaban J connectivity index is 1.75. The zero-order valence-electron chi connectivity index (χ0n) is 16.1. The van der Waals surface area contributed by atoms with Crippen LogP contribution in [-0.4, -0.2) is 43.7 Å². The second-order valence-electron chi connectivity index (χ2n) is 8.75. The number of piperidine rings is 1. The number of anilines is 1. The largest absolute Gasteiger partial charge is 0.495 e. The third kappa shape index (κ3) is 1.76. The number of rotatable bonds is 3. The lowest BCUT2D eigenvalue weighted by atomic mass is 9.52. The summed E-state index contributed by atoms with van der Waals surface area (Å²) in [4.78, 5) is 5.58. The minimum Gasteiger partial charge on any atom is -0.495 e. The molecule has 1 spiro atoms. The standard InChI is InChI=1S/C22H32N2O/c1-4-21-11-7-14-23-15-13-22(20(21)23)16-8-6-9-17(25-3)19(16)24(5-2)18(22)10-12-21/h6,8-9,18,20H,4-5,7,10-15H2,1-3H3/t18-,20-,21-,22-/m1/s1. The highest BCUT2D eigenvalue weighted by molar-refractivity contribution is 5.73. The average Bonchev–Trinajstić information content (AvgIpc) is 3.19. The summed E-state index contributed by atoms with van der Waals surface area (Å²) in [6.45, 7) is 8.47. The van der Waals surface area contributed by atoms with Gasteiger partial charge in [-0.2, -0.15) is 0 Å². The van der Waals surface area contributed by atoms with E-state index in [2.05, 4.69) is 41.8 Å². The molecule has 0 radical (unpaired) electrons. The van der Waals surface area contributed by atoms with Crippen molar-refractivity contribution in [1.82, 2.24) is 4.90 Å². The van der Waals surface area contributed by atoms with E-state index in [9.17, 15) is 0 Å². The quantitative estimate of drug-likeness (QED) is 0.820. The second kappa shape index (κ2) is 5.39. The maximum Gasteiger partial charge on any atom is 0.142 e. The summed E-state index contributed by atoms with van der Waals surface area (Å²) in [5, 5.41) is 0. The van der Waals surface area contributed by atoms with Gasteiger partial charge in [-0.3, -0.25) is 4.90 Å². The Labute approximate surface area is 152 Å². The highest BCUT2D eigenvalue weighted by Crippen LogP contribution is 2.66. The zero-order valence-corrected chi connectivity index (χ0v) is 16.1. The molecule has 4 atom stereocenters. The van der Waals surface area contributed by atoms with Crippen LogP contribution in [0.5, 0.6) is 5.75 Å². The number of methoxy groups -OCH3 is 1. The van der Waals surface area contributed by atoms with Crippen molar-refractivity contribution >= 4 is 5.69 Å². The van der Waals surface area contributed by atoms with E-state index < -0.39 is 0 Å². The van der Waals surface area contributed by atoms with E-state index >= 15 is 0 Å². The van der Waals surface area contributed by atoms with Crippen LogP contribution in [0.2, 0.25) is 0 Å². The van der Waals surface area contributed by atoms with Crippen molar-refractivity contribution in [3.05, 3.63) is 23.8 Å². The van der Waals surface area contributed by atoms with Crippen molar-refractivity contribution in [1.29, 1.82) is 0 Å². The minimum absolute atomic E-state index is 0.328. The zero-order chi connectivity index (χ0) is 17.2. The molecule has 3 heterocycles. The highest BCUT2D eigenvalue weighted by atomic mass is 16.5. The monoisotopic (exact) mass is 340 g/mol. The molecule has 1 aromatic rings. The van der Waals surface area contributed by atoms with Gasteiger partial charge in [0.05, 0.1) is 12.8 Å². The van der Waals surface area contributed by atoms with E-state index in [1.165, 1.54) is 57.3 Å². The molecule has 3 nitrogen and oxygen atoms in total. The number of likely N-dealkylation sites (N-methyl/N-ethyl adjacent to an activating group) is 1. The molecular weight excluding hydrogens is 308 g/mol. The minimum atomic E-state index is 0.328. The summed E-state index contributed by atoms with van der Waals surface area (Å²) < 4.78 is 5.83. The molecule has 2 saturated heterocycles. The third-order valence-corrected chi connectivity index (χ3v) is 8.30.